The lowest BCUT2D eigenvalue weighted by Crippen LogP contribution is -2.31. The van der Waals surface area contributed by atoms with Gasteiger partial charge < -0.3 is 5.11 Å². The van der Waals surface area contributed by atoms with Gasteiger partial charge in [0.05, 0.1) is 11.9 Å². The van der Waals surface area contributed by atoms with Gasteiger partial charge in [-0.15, -0.1) is 0 Å². The normalized spacial score (nSPS) is 13.8. The fourth-order valence-corrected chi connectivity index (χ4v) is 2.80. The van der Waals surface area contributed by atoms with Crippen LogP contribution in [0.3, 0.4) is 0 Å². The molecular weight excluding hydrogens is 250 g/mol. The minimum atomic E-state index is -3.29. The van der Waals surface area contributed by atoms with Gasteiger partial charge in [0.1, 0.15) is 0 Å². The van der Waals surface area contributed by atoms with Crippen LogP contribution in [-0.2, 0) is 10.0 Å². The van der Waals surface area contributed by atoms with Crippen LogP contribution in [0.15, 0.2) is 30.3 Å². The fraction of sp³-hybridized carbons (Fsp3) is 0.538. The molecule has 0 bridgehead atoms. The molecule has 0 heterocycles. The topological polar surface area (TPSA) is 66.4 Å². The Morgan fingerprint density at radius 2 is 1.83 bits per heavy atom. The van der Waals surface area contributed by atoms with Gasteiger partial charge in [0, 0.05) is 6.54 Å². The largest absolute Gasteiger partial charge is 0.387 e. The molecule has 0 spiro atoms. The first kappa shape index (κ1) is 15.1. The summed E-state index contributed by atoms with van der Waals surface area (Å²) in [6.07, 6.45) is -0.184. The van der Waals surface area contributed by atoms with Crippen LogP contribution in [0.2, 0.25) is 0 Å². The zero-order valence-corrected chi connectivity index (χ0v) is 11.7. The number of nitrogens with one attached hydrogen (secondary N) is 1. The van der Waals surface area contributed by atoms with E-state index in [-0.39, 0.29) is 12.3 Å². The first-order valence-electron chi connectivity index (χ1n) is 6.11. The van der Waals surface area contributed by atoms with Gasteiger partial charge in [-0.2, -0.15) is 0 Å². The van der Waals surface area contributed by atoms with E-state index < -0.39 is 16.1 Å². The SMILES string of the molecule is CC(C)CCS(=O)(=O)NCC(O)c1ccccc1. The lowest BCUT2D eigenvalue weighted by atomic mass is 10.1. The van der Waals surface area contributed by atoms with E-state index in [0.717, 1.165) is 0 Å². The number of hydrogen-bond acceptors (Lipinski definition) is 3. The monoisotopic (exact) mass is 271 g/mol. The van der Waals surface area contributed by atoms with Crippen molar-refractivity contribution in [2.24, 2.45) is 5.92 Å². The molecule has 0 aliphatic rings. The first-order valence-corrected chi connectivity index (χ1v) is 7.76. The van der Waals surface area contributed by atoms with Crippen molar-refractivity contribution < 1.29 is 13.5 Å². The number of rotatable bonds is 7. The van der Waals surface area contributed by atoms with Gasteiger partial charge in [0.25, 0.3) is 0 Å². The van der Waals surface area contributed by atoms with Crippen LogP contribution in [0, 0.1) is 5.92 Å². The summed E-state index contributed by atoms with van der Waals surface area (Å²) in [4.78, 5) is 0. The quantitative estimate of drug-likeness (QED) is 0.793. The molecule has 18 heavy (non-hydrogen) atoms. The summed E-state index contributed by atoms with van der Waals surface area (Å²) in [5.41, 5.74) is 0.712. The van der Waals surface area contributed by atoms with Gasteiger partial charge in [0.2, 0.25) is 10.0 Å². The third-order valence-corrected chi connectivity index (χ3v) is 4.02. The van der Waals surface area contributed by atoms with E-state index >= 15 is 0 Å². The Labute approximate surface area is 109 Å². The number of benzene rings is 1. The fourth-order valence-electron chi connectivity index (χ4n) is 1.46. The Hall–Kier alpha value is -0.910. The predicted molar refractivity (Wildman–Crippen MR) is 72.6 cm³/mol. The van der Waals surface area contributed by atoms with E-state index in [1.54, 1.807) is 12.1 Å². The Morgan fingerprint density at radius 3 is 2.39 bits per heavy atom. The molecule has 0 saturated heterocycles. The molecule has 0 amide bonds. The summed E-state index contributed by atoms with van der Waals surface area (Å²) in [5.74, 6) is 0.451. The van der Waals surface area contributed by atoms with Crippen molar-refractivity contribution in [1.29, 1.82) is 0 Å². The summed E-state index contributed by atoms with van der Waals surface area (Å²) in [6.45, 7) is 3.98. The van der Waals surface area contributed by atoms with Crippen LogP contribution in [0.5, 0.6) is 0 Å². The molecule has 4 nitrogen and oxygen atoms in total. The summed E-state index contributed by atoms with van der Waals surface area (Å²) < 4.78 is 25.7. The molecule has 1 unspecified atom stereocenters. The zero-order valence-electron chi connectivity index (χ0n) is 10.8. The van der Waals surface area contributed by atoms with E-state index in [1.165, 1.54) is 0 Å². The zero-order chi connectivity index (χ0) is 13.6. The Bertz CT molecular complexity index is 443. The van der Waals surface area contributed by atoms with E-state index in [4.69, 9.17) is 0 Å². The van der Waals surface area contributed by atoms with Crippen molar-refractivity contribution in [2.75, 3.05) is 12.3 Å². The molecule has 2 N–H and O–H groups in total. The highest BCUT2D eigenvalue weighted by Crippen LogP contribution is 2.11. The molecular formula is C13H21NO3S. The maximum atomic E-state index is 11.6. The Kier molecular flexibility index (Phi) is 5.78. The van der Waals surface area contributed by atoms with Crippen molar-refractivity contribution in [2.45, 2.75) is 26.4 Å². The highest BCUT2D eigenvalue weighted by atomic mass is 32.2. The number of hydrogen-bond donors (Lipinski definition) is 2. The van der Waals surface area contributed by atoms with Crippen LogP contribution >= 0.6 is 0 Å². The smallest absolute Gasteiger partial charge is 0.211 e. The second kappa shape index (κ2) is 6.87. The van der Waals surface area contributed by atoms with Gasteiger partial charge in [0.15, 0.2) is 0 Å². The first-order chi connectivity index (χ1) is 8.41. The molecule has 0 aliphatic carbocycles. The van der Waals surface area contributed by atoms with Gasteiger partial charge in [-0.25, -0.2) is 13.1 Å². The number of aliphatic hydroxyl groups excluding tert-OH is 1. The highest BCUT2D eigenvalue weighted by molar-refractivity contribution is 7.89. The third-order valence-electron chi connectivity index (χ3n) is 2.64. The molecule has 0 aromatic heterocycles. The lowest BCUT2D eigenvalue weighted by Gasteiger charge is -2.13. The van der Waals surface area contributed by atoms with Crippen LogP contribution in [0.25, 0.3) is 0 Å². The van der Waals surface area contributed by atoms with Gasteiger partial charge in [-0.05, 0) is 17.9 Å². The van der Waals surface area contributed by atoms with Crippen LogP contribution in [0.1, 0.15) is 31.9 Å². The molecule has 0 aliphatic heterocycles. The van der Waals surface area contributed by atoms with Crippen molar-refractivity contribution in [3.63, 3.8) is 0 Å². The molecule has 1 rings (SSSR count). The van der Waals surface area contributed by atoms with Crippen molar-refractivity contribution >= 4 is 10.0 Å². The average molecular weight is 271 g/mol. The highest BCUT2D eigenvalue weighted by Gasteiger charge is 2.14. The van der Waals surface area contributed by atoms with Crippen molar-refractivity contribution in [3.8, 4) is 0 Å². The maximum Gasteiger partial charge on any atom is 0.211 e. The number of sulfonamides is 1. The predicted octanol–water partition coefficient (Wildman–Crippen LogP) is 1.69. The molecule has 0 fully saturated rings. The second-order valence-electron chi connectivity index (χ2n) is 4.78. The minimum absolute atomic E-state index is 0.0183. The van der Waals surface area contributed by atoms with Gasteiger partial charge in [-0.3, -0.25) is 0 Å². The maximum absolute atomic E-state index is 11.6. The van der Waals surface area contributed by atoms with Crippen molar-refractivity contribution in [1.82, 2.24) is 4.72 Å². The third kappa shape index (κ3) is 5.62. The van der Waals surface area contributed by atoms with E-state index in [9.17, 15) is 13.5 Å². The summed E-state index contributed by atoms with van der Waals surface area (Å²) in [5, 5.41) is 9.83. The Morgan fingerprint density at radius 1 is 1.22 bits per heavy atom. The Balaban J connectivity index is 2.45. The number of aliphatic hydroxyl groups is 1. The lowest BCUT2D eigenvalue weighted by molar-refractivity contribution is 0.182. The molecule has 1 aromatic carbocycles. The van der Waals surface area contributed by atoms with E-state index in [1.807, 2.05) is 32.0 Å². The molecule has 5 heteroatoms. The minimum Gasteiger partial charge on any atom is -0.387 e. The van der Waals surface area contributed by atoms with E-state index in [0.29, 0.717) is 17.9 Å². The molecule has 0 saturated carbocycles. The summed E-state index contributed by atoms with van der Waals surface area (Å²) >= 11 is 0. The average Bonchev–Trinajstić information content (AvgIpc) is 2.35. The van der Waals surface area contributed by atoms with Crippen LogP contribution < -0.4 is 4.72 Å². The molecule has 0 radical (unpaired) electrons. The van der Waals surface area contributed by atoms with Crippen molar-refractivity contribution in [3.05, 3.63) is 35.9 Å². The summed E-state index contributed by atoms with van der Waals surface area (Å²) in [6, 6.07) is 9.01. The van der Waals surface area contributed by atoms with Crippen LogP contribution in [-0.4, -0.2) is 25.8 Å². The second-order valence-corrected chi connectivity index (χ2v) is 6.70. The molecule has 102 valence electrons. The molecule has 1 aromatic rings. The summed E-state index contributed by atoms with van der Waals surface area (Å²) in [7, 11) is -3.29. The van der Waals surface area contributed by atoms with Gasteiger partial charge >= 0.3 is 0 Å². The standard InChI is InChI=1S/C13H21NO3S/c1-11(2)8-9-18(16,17)14-10-13(15)12-6-4-3-5-7-12/h3-7,11,13-15H,8-10H2,1-2H3. The molecule has 1 atom stereocenters. The van der Waals surface area contributed by atoms with Gasteiger partial charge in [-0.1, -0.05) is 44.2 Å². The van der Waals surface area contributed by atoms with E-state index in [2.05, 4.69) is 4.72 Å². The van der Waals surface area contributed by atoms with Crippen LogP contribution in [0.4, 0.5) is 0 Å².